The number of ether oxygens (including phenoxy) is 2. The molecule has 3 heteroatoms. The quantitative estimate of drug-likeness (QED) is 0.597. The van der Waals surface area contributed by atoms with Gasteiger partial charge in [0.2, 0.25) is 0 Å². The Morgan fingerprint density at radius 1 is 1.64 bits per heavy atom. The third kappa shape index (κ3) is 1.60. The number of ketones is 1. The van der Waals surface area contributed by atoms with E-state index in [0.29, 0.717) is 6.61 Å². The molecular weight excluding hydrogens is 144 g/mol. The summed E-state index contributed by atoms with van der Waals surface area (Å²) in [6, 6.07) is 0. The van der Waals surface area contributed by atoms with E-state index in [1.165, 1.54) is 0 Å². The second-order valence-electron chi connectivity index (χ2n) is 3.01. The number of carbonyl (C=O) groups is 1. The van der Waals surface area contributed by atoms with Gasteiger partial charge in [0.25, 0.3) is 0 Å². The molecule has 0 unspecified atom stereocenters. The molecule has 11 heavy (non-hydrogen) atoms. The Morgan fingerprint density at radius 2 is 2.27 bits per heavy atom. The molecular formula is C8H14O3. The Bertz CT molecular complexity index is 155. The minimum absolute atomic E-state index is 0.0277. The van der Waals surface area contributed by atoms with Crippen LogP contribution in [0.25, 0.3) is 0 Å². The lowest BCUT2D eigenvalue weighted by Crippen LogP contribution is -2.22. The van der Waals surface area contributed by atoms with Gasteiger partial charge in [-0.1, -0.05) is 6.92 Å². The van der Waals surface area contributed by atoms with Gasteiger partial charge in [-0.3, -0.25) is 4.79 Å². The van der Waals surface area contributed by atoms with Crippen molar-refractivity contribution in [2.24, 2.45) is 11.8 Å². The van der Waals surface area contributed by atoms with Gasteiger partial charge in [0.05, 0.1) is 6.61 Å². The second-order valence-corrected chi connectivity index (χ2v) is 3.01. The molecule has 0 bridgehead atoms. The summed E-state index contributed by atoms with van der Waals surface area (Å²) >= 11 is 0. The number of carbonyl (C=O) groups excluding carboxylic acids is 1. The lowest BCUT2D eigenvalue weighted by molar-refractivity contribution is -0.122. The highest BCUT2D eigenvalue weighted by atomic mass is 16.7. The van der Waals surface area contributed by atoms with E-state index in [9.17, 15) is 4.79 Å². The van der Waals surface area contributed by atoms with Gasteiger partial charge in [-0.15, -0.1) is 0 Å². The third-order valence-corrected chi connectivity index (χ3v) is 2.26. The molecule has 1 aliphatic heterocycles. The highest BCUT2D eigenvalue weighted by Gasteiger charge is 2.36. The average molecular weight is 158 g/mol. The Kier molecular flexibility index (Phi) is 2.62. The molecule has 3 nitrogen and oxygen atoms in total. The summed E-state index contributed by atoms with van der Waals surface area (Å²) in [6.07, 6.45) is -0.191. The summed E-state index contributed by atoms with van der Waals surface area (Å²) < 4.78 is 10.3. The Balaban J connectivity index is 2.55. The first-order valence-corrected chi connectivity index (χ1v) is 3.81. The molecule has 3 atom stereocenters. The summed E-state index contributed by atoms with van der Waals surface area (Å²) in [5.74, 6) is 0.412. The van der Waals surface area contributed by atoms with Crippen LogP contribution in [0, 0.1) is 11.8 Å². The van der Waals surface area contributed by atoms with Gasteiger partial charge in [0, 0.05) is 18.9 Å². The fourth-order valence-electron chi connectivity index (χ4n) is 1.46. The molecule has 0 aliphatic carbocycles. The van der Waals surface area contributed by atoms with E-state index in [1.807, 2.05) is 6.92 Å². The van der Waals surface area contributed by atoms with Gasteiger partial charge in [0.15, 0.2) is 6.29 Å². The molecule has 1 fully saturated rings. The first-order valence-electron chi connectivity index (χ1n) is 3.81. The Hall–Kier alpha value is -0.410. The van der Waals surface area contributed by atoms with Crippen LogP contribution in [0.4, 0.5) is 0 Å². The maximum absolute atomic E-state index is 11.0. The first kappa shape index (κ1) is 8.68. The SMILES string of the molecule is CO[C@H]1OC[C@H](C(C)=O)[C@@H]1C. The number of Topliss-reactive ketones (excluding diaryl/α,β-unsaturated/α-hetero) is 1. The second kappa shape index (κ2) is 3.32. The summed E-state index contributed by atoms with van der Waals surface area (Å²) in [5, 5.41) is 0. The van der Waals surface area contributed by atoms with Crippen molar-refractivity contribution in [3.8, 4) is 0 Å². The topological polar surface area (TPSA) is 35.5 Å². The maximum Gasteiger partial charge on any atom is 0.160 e. The Labute approximate surface area is 66.7 Å². The number of methoxy groups -OCH3 is 1. The largest absolute Gasteiger partial charge is 0.356 e. The molecule has 0 N–H and O–H groups in total. The zero-order valence-corrected chi connectivity index (χ0v) is 7.16. The van der Waals surface area contributed by atoms with Crippen LogP contribution in [0.3, 0.4) is 0 Å². The minimum Gasteiger partial charge on any atom is -0.356 e. The molecule has 1 heterocycles. The van der Waals surface area contributed by atoms with Crippen molar-refractivity contribution in [3.05, 3.63) is 0 Å². The van der Waals surface area contributed by atoms with Crippen molar-refractivity contribution in [2.45, 2.75) is 20.1 Å². The van der Waals surface area contributed by atoms with Crippen molar-refractivity contribution in [1.29, 1.82) is 0 Å². The lowest BCUT2D eigenvalue weighted by atomic mass is 9.93. The number of rotatable bonds is 2. The molecule has 1 aliphatic rings. The monoisotopic (exact) mass is 158 g/mol. The van der Waals surface area contributed by atoms with E-state index in [2.05, 4.69) is 0 Å². The fraction of sp³-hybridized carbons (Fsp3) is 0.875. The zero-order chi connectivity index (χ0) is 8.43. The van der Waals surface area contributed by atoms with Crippen molar-refractivity contribution in [1.82, 2.24) is 0 Å². The smallest absolute Gasteiger partial charge is 0.160 e. The van der Waals surface area contributed by atoms with E-state index < -0.39 is 0 Å². The number of hydrogen-bond donors (Lipinski definition) is 0. The van der Waals surface area contributed by atoms with Crippen LogP contribution in [0.15, 0.2) is 0 Å². The van der Waals surface area contributed by atoms with Crippen LogP contribution in [0.1, 0.15) is 13.8 Å². The highest BCUT2D eigenvalue weighted by Crippen LogP contribution is 2.27. The standard InChI is InChI=1S/C8H14O3/c1-5-7(6(2)9)4-11-8(5)10-3/h5,7-8H,4H2,1-3H3/t5-,7-,8-/m0/s1. The van der Waals surface area contributed by atoms with Crippen LogP contribution in [-0.4, -0.2) is 25.8 Å². The van der Waals surface area contributed by atoms with Gasteiger partial charge in [-0.2, -0.15) is 0 Å². The fourth-order valence-corrected chi connectivity index (χ4v) is 1.46. The minimum atomic E-state index is -0.191. The van der Waals surface area contributed by atoms with Crippen LogP contribution in [-0.2, 0) is 14.3 Å². The predicted molar refractivity (Wildman–Crippen MR) is 40.1 cm³/mol. The first-order chi connectivity index (χ1) is 5.16. The van der Waals surface area contributed by atoms with E-state index >= 15 is 0 Å². The van der Waals surface area contributed by atoms with Crippen LogP contribution in [0.5, 0.6) is 0 Å². The molecule has 64 valence electrons. The zero-order valence-electron chi connectivity index (χ0n) is 7.16. The maximum atomic E-state index is 11.0. The van der Waals surface area contributed by atoms with Gasteiger partial charge in [-0.05, 0) is 6.92 Å². The van der Waals surface area contributed by atoms with Crippen LogP contribution >= 0.6 is 0 Å². The van der Waals surface area contributed by atoms with Gasteiger partial charge in [-0.25, -0.2) is 0 Å². The molecule has 0 aromatic carbocycles. The van der Waals surface area contributed by atoms with Crippen molar-refractivity contribution >= 4 is 5.78 Å². The summed E-state index contributed by atoms with van der Waals surface area (Å²) in [5.41, 5.74) is 0. The molecule has 0 amide bonds. The van der Waals surface area contributed by atoms with E-state index in [0.717, 1.165) is 0 Å². The van der Waals surface area contributed by atoms with Gasteiger partial charge in [0.1, 0.15) is 5.78 Å². The lowest BCUT2D eigenvalue weighted by Gasteiger charge is -2.14. The van der Waals surface area contributed by atoms with Crippen molar-refractivity contribution < 1.29 is 14.3 Å². The van der Waals surface area contributed by atoms with Gasteiger partial charge >= 0.3 is 0 Å². The molecule has 0 aromatic rings. The van der Waals surface area contributed by atoms with Crippen molar-refractivity contribution in [3.63, 3.8) is 0 Å². The molecule has 1 saturated heterocycles. The number of hydrogen-bond acceptors (Lipinski definition) is 3. The van der Waals surface area contributed by atoms with E-state index in [1.54, 1.807) is 14.0 Å². The average Bonchev–Trinajstić information content (AvgIpc) is 2.30. The highest BCUT2D eigenvalue weighted by molar-refractivity contribution is 5.79. The normalized spacial score (nSPS) is 37.5. The van der Waals surface area contributed by atoms with E-state index in [4.69, 9.17) is 9.47 Å². The molecule has 1 rings (SSSR count). The predicted octanol–water partition coefficient (Wildman–Crippen LogP) is 0.830. The van der Waals surface area contributed by atoms with E-state index in [-0.39, 0.29) is 23.9 Å². The molecule has 0 spiro atoms. The third-order valence-electron chi connectivity index (χ3n) is 2.26. The Morgan fingerprint density at radius 3 is 2.55 bits per heavy atom. The molecule has 0 radical (unpaired) electrons. The molecule has 0 aromatic heterocycles. The summed E-state index contributed by atoms with van der Waals surface area (Å²) in [7, 11) is 1.60. The van der Waals surface area contributed by atoms with Crippen LogP contribution in [0.2, 0.25) is 0 Å². The van der Waals surface area contributed by atoms with Crippen molar-refractivity contribution in [2.75, 3.05) is 13.7 Å². The summed E-state index contributed by atoms with van der Waals surface area (Å²) in [6.45, 7) is 4.09. The van der Waals surface area contributed by atoms with Crippen LogP contribution < -0.4 is 0 Å². The van der Waals surface area contributed by atoms with Gasteiger partial charge < -0.3 is 9.47 Å². The molecule has 0 saturated carbocycles. The summed E-state index contributed by atoms with van der Waals surface area (Å²) in [4.78, 5) is 11.0.